The molecule has 22 valence electrons. The summed E-state index contributed by atoms with van der Waals surface area (Å²) in [6.45, 7) is 0. The third-order valence-electron chi connectivity index (χ3n) is 0. The maximum Gasteiger partial charge on any atom is 0.316 e. The molecule has 0 nitrogen and oxygen atoms in total. The van der Waals surface area contributed by atoms with Gasteiger partial charge in [-0.05, 0) is 0 Å². The molecule has 4 heteroatoms. The quantitative estimate of drug-likeness (QED) is 0.353. The van der Waals surface area contributed by atoms with Gasteiger partial charge in [-0.2, -0.15) is 0 Å². The van der Waals surface area contributed by atoms with Crippen molar-refractivity contribution in [2.75, 3.05) is 0 Å². The van der Waals surface area contributed by atoms with Crippen LogP contribution in [0.5, 0.6) is 0 Å². The van der Waals surface area contributed by atoms with Crippen LogP contribution in [0.4, 0.5) is 0 Å². The molecule has 0 aliphatic heterocycles. The van der Waals surface area contributed by atoms with Crippen LogP contribution in [0.15, 0.2) is 0 Å². The molecule has 4 heavy (non-hydrogen) atoms. The van der Waals surface area contributed by atoms with Gasteiger partial charge in [-0.3, -0.25) is 0 Å². The van der Waals surface area contributed by atoms with Crippen LogP contribution in [0.3, 0.4) is 0 Å². The van der Waals surface area contributed by atoms with E-state index in [0.717, 1.165) is 0 Å². The van der Waals surface area contributed by atoms with Crippen LogP contribution >= 0.6 is 12.4 Å². The van der Waals surface area contributed by atoms with Gasteiger partial charge in [0.05, 0.1) is 0 Å². The molecule has 0 rings (SSSR count). The molecule has 0 N–H and O–H groups in total. The molecule has 0 amide bonds. The van der Waals surface area contributed by atoms with E-state index in [9.17, 15) is 0 Å². The zero-order valence-electron chi connectivity index (χ0n) is 0.908. The van der Waals surface area contributed by atoms with Crippen LogP contribution in [0.2, 0.25) is 0 Å². The van der Waals surface area contributed by atoms with E-state index in [0.29, 0.717) is 0 Å². The van der Waals surface area contributed by atoms with Crippen molar-refractivity contribution >= 4 is 52.8 Å². The zero-order valence-corrected chi connectivity index (χ0v) is 3.29. The molecule has 0 aromatic carbocycles. The van der Waals surface area contributed by atoms with Crippen LogP contribution in [-0.4, -0.2) is 40.4 Å². The van der Waals surface area contributed by atoms with Crippen LogP contribution in [0.1, 0.15) is 0 Å². The molecule has 0 aromatic rings. The zero-order chi connectivity index (χ0) is 0. The molecular formula is H6AlClMgTi. The van der Waals surface area contributed by atoms with Gasteiger partial charge in [-0.25, -0.2) is 0 Å². The monoisotopic (exact) mass is 140 g/mol. The second kappa shape index (κ2) is 18.5. The van der Waals surface area contributed by atoms with Gasteiger partial charge in [-0.15, -0.1) is 12.4 Å². The largest absolute Gasteiger partial charge is 0.316 e. The van der Waals surface area contributed by atoms with E-state index in [1.165, 1.54) is 0 Å². The minimum atomic E-state index is 0. The molecule has 0 bridgehead atoms. The van der Waals surface area contributed by atoms with E-state index in [1.54, 1.807) is 0 Å². The number of hydrogen-bond donors (Lipinski definition) is 0. The van der Waals surface area contributed by atoms with Crippen molar-refractivity contribution in [1.29, 1.82) is 0 Å². The molecular weight excluding hydrogens is 135 g/mol. The summed E-state index contributed by atoms with van der Waals surface area (Å²) in [7, 11) is 0. The van der Waals surface area contributed by atoms with Crippen molar-refractivity contribution < 1.29 is 21.7 Å². The first kappa shape index (κ1) is 33.4. The fourth-order valence-corrected chi connectivity index (χ4v) is 0. The predicted molar refractivity (Wildman–Crippen MR) is 25.7 cm³/mol. The third-order valence-corrected chi connectivity index (χ3v) is 0. The molecule has 0 saturated heterocycles. The average Bonchev–Trinajstić information content (AvgIpc) is 0. The molecule has 0 spiro atoms. The van der Waals surface area contributed by atoms with Crippen LogP contribution in [0, 0.1) is 0 Å². The predicted octanol–water partition coefficient (Wildman–Crippen LogP) is -1.68. The molecule has 0 aliphatic carbocycles. The number of halogens is 1. The van der Waals surface area contributed by atoms with Crippen molar-refractivity contribution in [2.24, 2.45) is 0 Å². The second-order valence-corrected chi connectivity index (χ2v) is 0. The summed E-state index contributed by atoms with van der Waals surface area (Å²) in [5.74, 6) is 0. The van der Waals surface area contributed by atoms with Crippen LogP contribution in [0.25, 0.3) is 0 Å². The van der Waals surface area contributed by atoms with Gasteiger partial charge in [0.1, 0.15) is 0 Å². The first-order valence-corrected chi connectivity index (χ1v) is 0. The summed E-state index contributed by atoms with van der Waals surface area (Å²) >= 11 is 0. The second-order valence-electron chi connectivity index (χ2n) is 0. The smallest absolute Gasteiger partial charge is 0.147 e. The Morgan fingerprint density at radius 1 is 1.00 bits per heavy atom. The van der Waals surface area contributed by atoms with Crippen molar-refractivity contribution in [2.45, 2.75) is 0 Å². The fraction of sp³-hybridized carbons (Fsp3) is 0. The summed E-state index contributed by atoms with van der Waals surface area (Å²) in [5, 5.41) is 0. The van der Waals surface area contributed by atoms with E-state index < -0.39 is 0 Å². The van der Waals surface area contributed by atoms with Gasteiger partial charge < -0.3 is 0 Å². The minimum absolute atomic E-state index is 0. The fourth-order valence-electron chi connectivity index (χ4n) is 0. The van der Waals surface area contributed by atoms with Gasteiger partial charge in [-0.1, -0.05) is 0 Å². The van der Waals surface area contributed by atoms with Crippen molar-refractivity contribution in [1.82, 2.24) is 0 Å². The Balaban J connectivity index is 0. The number of rotatable bonds is 0. The minimum Gasteiger partial charge on any atom is -0.147 e. The van der Waals surface area contributed by atoms with Gasteiger partial charge in [0.25, 0.3) is 0 Å². The van der Waals surface area contributed by atoms with E-state index in [4.69, 9.17) is 0 Å². The van der Waals surface area contributed by atoms with Crippen LogP contribution in [-0.2, 0) is 21.7 Å². The van der Waals surface area contributed by atoms with Gasteiger partial charge >= 0.3 is 23.1 Å². The Morgan fingerprint density at radius 3 is 1.00 bits per heavy atom. The summed E-state index contributed by atoms with van der Waals surface area (Å²) in [6, 6.07) is 0. The van der Waals surface area contributed by atoms with Crippen molar-refractivity contribution in [3.8, 4) is 0 Å². The Labute approximate surface area is 73.7 Å². The summed E-state index contributed by atoms with van der Waals surface area (Å²) in [6.07, 6.45) is 0. The first-order chi connectivity index (χ1) is 0. The Morgan fingerprint density at radius 2 is 1.00 bits per heavy atom. The van der Waals surface area contributed by atoms with E-state index >= 15 is 0 Å². The molecule has 0 unspecified atom stereocenters. The molecule has 0 heterocycles. The van der Waals surface area contributed by atoms with Crippen molar-refractivity contribution in [3.05, 3.63) is 0 Å². The summed E-state index contributed by atoms with van der Waals surface area (Å²) < 4.78 is 0. The Kier molecular flexibility index (Phi) is 155. The Bertz CT molecular complexity index is 8.00. The van der Waals surface area contributed by atoms with Gasteiger partial charge in [0.15, 0.2) is 17.4 Å². The topological polar surface area (TPSA) is 0 Å². The van der Waals surface area contributed by atoms with Gasteiger partial charge in [0, 0.05) is 21.7 Å². The third kappa shape index (κ3) is 8.85. The molecule has 0 radical (unpaired) electrons. The van der Waals surface area contributed by atoms with Crippen LogP contribution < -0.4 is 0 Å². The molecule has 0 saturated carbocycles. The number of hydrogen-bond acceptors (Lipinski definition) is 0. The Hall–Kier alpha value is 2.30. The van der Waals surface area contributed by atoms with E-state index in [1.807, 2.05) is 0 Å². The average molecular weight is 141 g/mol. The molecule has 0 fully saturated rings. The molecule has 0 aromatic heterocycles. The summed E-state index contributed by atoms with van der Waals surface area (Å²) in [5.41, 5.74) is 0. The normalized spacial score (nSPS) is 0. The molecule has 0 aliphatic rings. The first-order valence-electron chi connectivity index (χ1n) is 0. The van der Waals surface area contributed by atoms with Crippen molar-refractivity contribution in [3.63, 3.8) is 0 Å². The van der Waals surface area contributed by atoms with E-state index in [-0.39, 0.29) is 74.5 Å². The standard InChI is InChI=1S/Al.ClH.Mg.Ti.5H/h;1H;;;;;;;. The molecule has 0 atom stereocenters. The van der Waals surface area contributed by atoms with Gasteiger partial charge in [0.2, 0.25) is 0 Å². The SMILES string of the molecule is Cl.[AlH3].[MgH2].[Ti]. The van der Waals surface area contributed by atoms with E-state index in [2.05, 4.69) is 0 Å². The summed E-state index contributed by atoms with van der Waals surface area (Å²) in [4.78, 5) is 0. The maximum atomic E-state index is 0. The maximum absolute atomic E-state index is 0.